The van der Waals surface area contributed by atoms with Gasteiger partial charge in [-0.15, -0.1) is 0 Å². The van der Waals surface area contributed by atoms with E-state index in [1.807, 2.05) is 18.2 Å². The minimum atomic E-state index is -0.177. The molecule has 0 bridgehead atoms. The van der Waals surface area contributed by atoms with E-state index < -0.39 is 0 Å². The van der Waals surface area contributed by atoms with Crippen molar-refractivity contribution in [2.45, 2.75) is 26.7 Å². The first-order valence-corrected chi connectivity index (χ1v) is 9.49. The van der Waals surface area contributed by atoms with Gasteiger partial charge in [0.2, 0.25) is 11.8 Å². The molecule has 6 heteroatoms. The van der Waals surface area contributed by atoms with Crippen LogP contribution in [0.1, 0.15) is 25.0 Å². The number of carbonyl (C=O) groups excluding carboxylic acids is 2. The summed E-state index contributed by atoms with van der Waals surface area (Å²) in [5, 5.41) is 5.84. The zero-order valence-electron chi connectivity index (χ0n) is 17.0. The normalized spacial score (nSPS) is 10.6. The largest absolute Gasteiger partial charge is 0.497 e. The quantitative estimate of drug-likeness (QED) is 0.697. The van der Waals surface area contributed by atoms with Crippen LogP contribution in [0.4, 0.5) is 11.4 Å². The number of aryl methyl sites for hydroxylation is 2. The third kappa shape index (κ3) is 6.09. The van der Waals surface area contributed by atoms with E-state index in [1.54, 1.807) is 43.3 Å². The molecule has 0 aliphatic heterocycles. The highest BCUT2D eigenvalue weighted by Crippen LogP contribution is 2.22. The molecule has 2 rings (SSSR count). The second-order valence-corrected chi connectivity index (χ2v) is 6.66. The number of benzene rings is 2. The van der Waals surface area contributed by atoms with Crippen LogP contribution in [0, 0.1) is 0 Å². The lowest BCUT2D eigenvalue weighted by atomic mass is 10.0. The van der Waals surface area contributed by atoms with Gasteiger partial charge in [0.1, 0.15) is 5.75 Å². The van der Waals surface area contributed by atoms with Crippen molar-refractivity contribution < 1.29 is 14.3 Å². The molecule has 2 amide bonds. The summed E-state index contributed by atoms with van der Waals surface area (Å²) in [5.74, 6) is 0.421. The zero-order chi connectivity index (χ0) is 20.5. The second kappa shape index (κ2) is 10.5. The molecule has 0 atom stereocenters. The van der Waals surface area contributed by atoms with Gasteiger partial charge in [0.15, 0.2) is 0 Å². The van der Waals surface area contributed by atoms with Crippen molar-refractivity contribution in [2.75, 3.05) is 37.9 Å². The topological polar surface area (TPSA) is 70.7 Å². The molecule has 0 spiro atoms. The zero-order valence-corrected chi connectivity index (χ0v) is 17.0. The summed E-state index contributed by atoms with van der Waals surface area (Å²) in [6.07, 6.45) is 1.70. The number of likely N-dealkylation sites (N-methyl/N-ethyl adjacent to an activating group) is 1. The number of rotatable bonds is 9. The van der Waals surface area contributed by atoms with Gasteiger partial charge in [-0.25, -0.2) is 0 Å². The van der Waals surface area contributed by atoms with Gasteiger partial charge in [0, 0.05) is 11.4 Å². The van der Waals surface area contributed by atoms with Crippen molar-refractivity contribution in [3.8, 4) is 5.75 Å². The van der Waals surface area contributed by atoms with Gasteiger partial charge in [-0.1, -0.05) is 32.0 Å². The molecule has 0 unspecified atom stereocenters. The van der Waals surface area contributed by atoms with Crippen LogP contribution in [0.2, 0.25) is 0 Å². The fourth-order valence-electron chi connectivity index (χ4n) is 3.00. The van der Waals surface area contributed by atoms with Gasteiger partial charge < -0.3 is 15.4 Å². The highest BCUT2D eigenvalue weighted by molar-refractivity contribution is 5.95. The molecule has 2 N–H and O–H groups in total. The van der Waals surface area contributed by atoms with Crippen LogP contribution in [-0.2, 0) is 22.4 Å². The van der Waals surface area contributed by atoms with Gasteiger partial charge >= 0.3 is 0 Å². The molecule has 0 fully saturated rings. The molecule has 28 heavy (non-hydrogen) atoms. The number of nitrogens with one attached hydrogen (secondary N) is 2. The predicted molar refractivity (Wildman–Crippen MR) is 113 cm³/mol. The number of nitrogens with zero attached hydrogens (tertiary/aromatic N) is 1. The average Bonchev–Trinajstić information content (AvgIpc) is 2.68. The predicted octanol–water partition coefficient (Wildman–Crippen LogP) is 3.33. The number of anilines is 2. The third-order valence-electron chi connectivity index (χ3n) is 4.46. The molecule has 0 aliphatic carbocycles. The van der Waals surface area contributed by atoms with Crippen LogP contribution in [0.15, 0.2) is 42.5 Å². The maximum Gasteiger partial charge on any atom is 0.238 e. The number of amides is 2. The summed E-state index contributed by atoms with van der Waals surface area (Å²) < 4.78 is 5.10. The number of hydrogen-bond acceptors (Lipinski definition) is 4. The van der Waals surface area contributed by atoms with E-state index in [2.05, 4.69) is 24.5 Å². The van der Waals surface area contributed by atoms with Crippen molar-refractivity contribution in [1.82, 2.24) is 4.90 Å². The Balaban J connectivity index is 1.89. The smallest absolute Gasteiger partial charge is 0.238 e. The Hall–Kier alpha value is -2.86. The van der Waals surface area contributed by atoms with Crippen molar-refractivity contribution in [2.24, 2.45) is 0 Å². The van der Waals surface area contributed by atoms with Crippen LogP contribution in [0.25, 0.3) is 0 Å². The fraction of sp³-hybridized carbons (Fsp3) is 0.364. The summed E-state index contributed by atoms with van der Waals surface area (Å²) in [5.41, 5.74) is 3.82. The van der Waals surface area contributed by atoms with Crippen LogP contribution < -0.4 is 15.4 Å². The molecule has 0 radical (unpaired) electrons. The molecule has 0 heterocycles. The highest BCUT2D eigenvalue weighted by Gasteiger charge is 2.14. The Bertz CT molecular complexity index is 781. The van der Waals surface area contributed by atoms with Gasteiger partial charge in [0.05, 0.1) is 20.2 Å². The van der Waals surface area contributed by atoms with Crippen LogP contribution >= 0.6 is 0 Å². The molecule has 0 saturated carbocycles. The summed E-state index contributed by atoms with van der Waals surface area (Å²) in [7, 11) is 3.34. The second-order valence-electron chi connectivity index (χ2n) is 6.66. The SMILES string of the molecule is CCc1cccc(CC)c1NC(=O)CN(C)CC(=O)Nc1ccc(OC)cc1. The van der Waals surface area contributed by atoms with Crippen molar-refractivity contribution in [3.63, 3.8) is 0 Å². The first kappa shape index (κ1) is 21.4. The summed E-state index contributed by atoms with van der Waals surface area (Å²) in [6.45, 7) is 4.40. The van der Waals surface area contributed by atoms with E-state index >= 15 is 0 Å². The molecule has 0 aliphatic rings. The third-order valence-corrected chi connectivity index (χ3v) is 4.46. The van der Waals surface area contributed by atoms with Crippen LogP contribution in [0.3, 0.4) is 0 Å². The van der Waals surface area contributed by atoms with Gasteiger partial charge in [-0.3, -0.25) is 14.5 Å². The summed E-state index contributed by atoms with van der Waals surface area (Å²) in [6, 6.07) is 13.2. The molecule has 0 saturated heterocycles. The minimum Gasteiger partial charge on any atom is -0.497 e. The Morgan fingerprint density at radius 2 is 1.43 bits per heavy atom. The van der Waals surface area contributed by atoms with E-state index in [9.17, 15) is 9.59 Å². The van der Waals surface area contributed by atoms with E-state index in [-0.39, 0.29) is 24.9 Å². The van der Waals surface area contributed by atoms with Crippen molar-refractivity contribution >= 4 is 23.2 Å². The lowest BCUT2D eigenvalue weighted by Gasteiger charge is -2.18. The van der Waals surface area contributed by atoms with E-state index in [1.165, 1.54) is 0 Å². The first-order valence-electron chi connectivity index (χ1n) is 9.49. The first-order chi connectivity index (χ1) is 13.5. The van der Waals surface area contributed by atoms with Gasteiger partial charge in [0.25, 0.3) is 0 Å². The highest BCUT2D eigenvalue weighted by atomic mass is 16.5. The van der Waals surface area contributed by atoms with E-state index in [0.717, 1.165) is 35.4 Å². The lowest BCUT2D eigenvalue weighted by molar-refractivity contribution is -0.119. The monoisotopic (exact) mass is 383 g/mol. The van der Waals surface area contributed by atoms with Crippen molar-refractivity contribution in [3.05, 3.63) is 53.6 Å². The van der Waals surface area contributed by atoms with E-state index in [4.69, 9.17) is 4.74 Å². The Morgan fingerprint density at radius 1 is 0.893 bits per heavy atom. The molecular formula is C22H29N3O3. The number of carbonyl (C=O) groups is 2. The Labute approximate surface area is 166 Å². The Morgan fingerprint density at radius 3 is 1.93 bits per heavy atom. The lowest BCUT2D eigenvalue weighted by Crippen LogP contribution is -2.36. The van der Waals surface area contributed by atoms with Crippen molar-refractivity contribution in [1.29, 1.82) is 0 Å². The molecule has 2 aromatic rings. The molecule has 0 aromatic heterocycles. The number of para-hydroxylation sites is 1. The van der Waals surface area contributed by atoms with Gasteiger partial charge in [-0.05, 0) is 55.3 Å². The summed E-state index contributed by atoms with van der Waals surface area (Å²) >= 11 is 0. The molecule has 150 valence electrons. The van der Waals surface area contributed by atoms with Gasteiger partial charge in [-0.2, -0.15) is 0 Å². The number of hydrogen-bond donors (Lipinski definition) is 2. The molecule has 2 aromatic carbocycles. The van der Waals surface area contributed by atoms with Crippen LogP contribution in [-0.4, -0.2) is 44.0 Å². The fourth-order valence-corrected chi connectivity index (χ4v) is 3.00. The number of ether oxygens (including phenoxy) is 1. The Kier molecular flexibility index (Phi) is 8.02. The molecular weight excluding hydrogens is 354 g/mol. The number of methoxy groups -OCH3 is 1. The average molecular weight is 383 g/mol. The maximum atomic E-state index is 12.5. The maximum absolute atomic E-state index is 12.5. The van der Waals surface area contributed by atoms with E-state index in [0.29, 0.717) is 5.69 Å². The standard InChI is InChI=1S/C22H29N3O3/c1-5-16-8-7-9-17(6-2)22(16)24-21(27)15-25(3)14-20(26)23-18-10-12-19(28-4)13-11-18/h7-13H,5-6,14-15H2,1-4H3,(H,23,26)(H,24,27). The minimum absolute atomic E-state index is 0.121. The summed E-state index contributed by atoms with van der Waals surface area (Å²) in [4.78, 5) is 26.4. The van der Waals surface area contributed by atoms with Crippen LogP contribution in [0.5, 0.6) is 5.75 Å². The molecule has 6 nitrogen and oxygen atoms in total.